The van der Waals surface area contributed by atoms with Gasteiger partial charge in [-0.2, -0.15) is 0 Å². The van der Waals surface area contributed by atoms with Crippen LogP contribution >= 0.6 is 49.9 Å². The topological polar surface area (TPSA) is 108 Å². The molecule has 0 radical (unpaired) electrons. The Balaban J connectivity index is 1.74. The number of amides is 3. The first-order valence-electron chi connectivity index (χ1n) is 9.41. The number of benzene rings is 1. The van der Waals surface area contributed by atoms with Gasteiger partial charge in [0.25, 0.3) is 17.7 Å². The second-order valence-corrected chi connectivity index (χ2v) is 11.2. The summed E-state index contributed by atoms with van der Waals surface area (Å²) in [5, 5.41) is 15.0. The largest absolute Gasteiger partial charge is 0.396 e. The average molecular weight is 622 g/mol. The number of nitrogens with one attached hydrogen (secondary N) is 2. The molecule has 1 atom stereocenters. The third-order valence-corrected chi connectivity index (χ3v) is 7.58. The van der Waals surface area contributed by atoms with Crippen LogP contribution in [0, 0.1) is 6.92 Å². The van der Waals surface area contributed by atoms with Gasteiger partial charge in [-0.15, -0.1) is 11.3 Å². The van der Waals surface area contributed by atoms with Gasteiger partial charge in [0.05, 0.1) is 15.3 Å². The van der Waals surface area contributed by atoms with E-state index in [1.807, 2.05) is 29.5 Å². The van der Waals surface area contributed by atoms with Crippen molar-refractivity contribution in [3.63, 3.8) is 0 Å². The molecule has 3 amide bonds. The lowest BCUT2D eigenvalue weighted by Crippen LogP contribution is -2.52. The molecule has 0 bridgehead atoms. The first-order chi connectivity index (χ1) is 14.7. The van der Waals surface area contributed by atoms with Crippen LogP contribution in [0.5, 0.6) is 0 Å². The number of carbonyl (C=O) groups excluding carboxylic acids is 3. The van der Waals surface area contributed by atoms with E-state index in [2.05, 4.69) is 26.6 Å². The van der Waals surface area contributed by atoms with E-state index in [0.717, 1.165) is 15.0 Å². The van der Waals surface area contributed by atoms with E-state index in [0.29, 0.717) is 23.7 Å². The van der Waals surface area contributed by atoms with Gasteiger partial charge in [-0.1, -0.05) is 0 Å². The SMILES string of the molecule is Cc1cc(NC(=O)[C@@](I)(CCO)NC(=O)c2ccc(Br)s2)ccc1N1CCOCC1=O. The zero-order valence-electron chi connectivity index (χ0n) is 16.6. The maximum atomic E-state index is 13.0. The van der Waals surface area contributed by atoms with Crippen molar-refractivity contribution in [1.29, 1.82) is 0 Å². The molecule has 3 rings (SSSR count). The van der Waals surface area contributed by atoms with Crippen molar-refractivity contribution in [1.82, 2.24) is 5.32 Å². The molecule has 0 aliphatic carbocycles. The zero-order chi connectivity index (χ0) is 22.6. The third kappa shape index (κ3) is 5.83. The molecule has 1 fully saturated rings. The molecule has 8 nitrogen and oxygen atoms in total. The molecule has 2 aromatic rings. The molecule has 1 aliphatic heterocycles. The van der Waals surface area contributed by atoms with Crippen molar-refractivity contribution >= 4 is 79.0 Å². The first kappa shape index (κ1) is 24.1. The highest BCUT2D eigenvalue weighted by Crippen LogP contribution is 2.28. The summed E-state index contributed by atoms with van der Waals surface area (Å²) in [4.78, 5) is 39.8. The Labute approximate surface area is 205 Å². The van der Waals surface area contributed by atoms with Crippen LogP contribution in [-0.2, 0) is 14.3 Å². The predicted molar refractivity (Wildman–Crippen MR) is 131 cm³/mol. The first-order valence-corrected chi connectivity index (χ1v) is 12.1. The number of hydrogen-bond acceptors (Lipinski definition) is 6. The smallest absolute Gasteiger partial charge is 0.262 e. The standard InChI is InChI=1S/C20H21BrIN3O5S/c1-12-10-13(2-3-14(12)25-7-9-30-11-17(25)27)23-19(29)20(22,6-8-26)24-18(28)15-4-5-16(21)31-15/h2-5,10,26H,6-9,11H2,1H3,(H,23,29)(H,24,28)/t20-/m1/s1. The zero-order valence-corrected chi connectivity index (χ0v) is 21.2. The van der Waals surface area contributed by atoms with Gasteiger partial charge in [0.2, 0.25) is 0 Å². The molecule has 3 N–H and O–H groups in total. The van der Waals surface area contributed by atoms with Crippen LogP contribution in [0.3, 0.4) is 0 Å². The maximum Gasteiger partial charge on any atom is 0.262 e. The highest BCUT2D eigenvalue weighted by atomic mass is 127. The van der Waals surface area contributed by atoms with Gasteiger partial charge in [-0.25, -0.2) is 0 Å². The fourth-order valence-corrected chi connectivity index (χ4v) is 5.01. The van der Waals surface area contributed by atoms with Gasteiger partial charge in [0.1, 0.15) is 6.61 Å². The van der Waals surface area contributed by atoms with Gasteiger partial charge >= 0.3 is 0 Å². The molecule has 31 heavy (non-hydrogen) atoms. The van der Waals surface area contributed by atoms with Gasteiger partial charge in [-0.05, 0) is 81.3 Å². The molecule has 1 saturated heterocycles. The minimum atomic E-state index is -1.34. The lowest BCUT2D eigenvalue weighted by atomic mass is 10.1. The van der Waals surface area contributed by atoms with Gasteiger partial charge in [-0.3, -0.25) is 14.4 Å². The lowest BCUT2D eigenvalue weighted by Gasteiger charge is -2.29. The Hall–Kier alpha value is -1.54. The second-order valence-electron chi connectivity index (χ2n) is 6.89. The number of aliphatic hydroxyl groups is 1. The molecule has 11 heteroatoms. The number of thiophene rings is 1. The second kappa shape index (κ2) is 10.4. The molecule has 1 aromatic heterocycles. The van der Waals surface area contributed by atoms with Crippen molar-refractivity contribution in [3.05, 3.63) is 44.6 Å². The Morgan fingerprint density at radius 1 is 1.35 bits per heavy atom. The summed E-state index contributed by atoms with van der Waals surface area (Å²) in [6, 6.07) is 8.66. The number of rotatable bonds is 7. The van der Waals surface area contributed by atoms with E-state index >= 15 is 0 Å². The van der Waals surface area contributed by atoms with Crippen LogP contribution in [0.15, 0.2) is 34.1 Å². The number of aryl methyl sites for hydroxylation is 1. The molecule has 166 valence electrons. The molecule has 2 heterocycles. The molecular weight excluding hydrogens is 601 g/mol. The fraction of sp³-hybridized carbons (Fsp3) is 0.350. The normalized spacial score (nSPS) is 16.0. The van der Waals surface area contributed by atoms with E-state index in [4.69, 9.17) is 4.74 Å². The van der Waals surface area contributed by atoms with Crippen molar-refractivity contribution in [2.24, 2.45) is 0 Å². The summed E-state index contributed by atoms with van der Waals surface area (Å²) in [7, 11) is 0. The number of hydrogen-bond donors (Lipinski definition) is 3. The third-order valence-electron chi connectivity index (χ3n) is 4.66. The highest BCUT2D eigenvalue weighted by molar-refractivity contribution is 14.1. The van der Waals surface area contributed by atoms with Crippen molar-refractivity contribution in [3.8, 4) is 0 Å². The summed E-state index contributed by atoms with van der Waals surface area (Å²) in [6.45, 7) is 2.58. The summed E-state index contributed by atoms with van der Waals surface area (Å²) >= 11 is 6.42. The van der Waals surface area contributed by atoms with Gasteiger partial charge < -0.3 is 25.4 Å². The molecular formula is C20H21BrIN3O5S. The number of morpholine rings is 1. The van der Waals surface area contributed by atoms with E-state index < -0.39 is 15.4 Å². The number of alkyl halides is 1. The van der Waals surface area contributed by atoms with E-state index in [1.165, 1.54) is 11.3 Å². The summed E-state index contributed by atoms with van der Waals surface area (Å²) in [6.07, 6.45) is 0.0387. The Morgan fingerprint density at radius 3 is 2.74 bits per heavy atom. The molecule has 0 spiro atoms. The highest BCUT2D eigenvalue weighted by Gasteiger charge is 2.37. The number of aliphatic hydroxyl groups excluding tert-OH is 1. The minimum absolute atomic E-state index is 0.0387. The van der Waals surface area contributed by atoms with Gasteiger partial charge in [0, 0.05) is 30.9 Å². The van der Waals surface area contributed by atoms with E-state index in [1.54, 1.807) is 35.2 Å². The number of halogens is 2. The van der Waals surface area contributed by atoms with Gasteiger partial charge in [0.15, 0.2) is 3.55 Å². The monoisotopic (exact) mass is 621 g/mol. The average Bonchev–Trinajstić information content (AvgIpc) is 3.15. The Bertz CT molecular complexity index is 1000. The predicted octanol–water partition coefficient (Wildman–Crippen LogP) is 3.06. The number of anilines is 2. The molecule has 1 aliphatic rings. The van der Waals surface area contributed by atoms with E-state index in [9.17, 15) is 19.5 Å². The Kier molecular flexibility index (Phi) is 8.08. The molecule has 1 aromatic carbocycles. The Morgan fingerprint density at radius 2 is 2.13 bits per heavy atom. The summed E-state index contributed by atoms with van der Waals surface area (Å²) < 4.78 is 4.63. The van der Waals surface area contributed by atoms with Crippen LogP contribution in [0.2, 0.25) is 0 Å². The summed E-state index contributed by atoms with van der Waals surface area (Å²) in [5.74, 6) is -0.963. The van der Waals surface area contributed by atoms with Crippen LogP contribution in [0.4, 0.5) is 11.4 Å². The van der Waals surface area contributed by atoms with Crippen LogP contribution in [0.1, 0.15) is 21.7 Å². The number of nitrogens with zero attached hydrogens (tertiary/aromatic N) is 1. The number of carbonyl (C=O) groups is 3. The fourth-order valence-electron chi connectivity index (χ4n) is 3.10. The van der Waals surface area contributed by atoms with Crippen LogP contribution < -0.4 is 15.5 Å². The van der Waals surface area contributed by atoms with Crippen molar-refractivity contribution in [2.45, 2.75) is 16.9 Å². The van der Waals surface area contributed by atoms with Crippen LogP contribution in [-0.4, -0.2) is 52.7 Å². The number of ether oxygens (including phenoxy) is 1. The van der Waals surface area contributed by atoms with E-state index in [-0.39, 0.29) is 25.5 Å². The van der Waals surface area contributed by atoms with Crippen molar-refractivity contribution in [2.75, 3.05) is 36.6 Å². The molecule has 0 unspecified atom stereocenters. The molecule has 0 saturated carbocycles. The summed E-state index contributed by atoms with van der Waals surface area (Å²) in [5.41, 5.74) is 2.11. The van der Waals surface area contributed by atoms with Crippen LogP contribution in [0.25, 0.3) is 0 Å². The maximum absolute atomic E-state index is 13.0. The quantitative estimate of drug-likeness (QED) is 0.250. The van der Waals surface area contributed by atoms with Crippen molar-refractivity contribution < 1.29 is 24.2 Å². The lowest BCUT2D eigenvalue weighted by molar-refractivity contribution is -0.125. The minimum Gasteiger partial charge on any atom is -0.396 e.